The molecule has 0 saturated carbocycles. The fourth-order valence-electron chi connectivity index (χ4n) is 7.87. The monoisotopic (exact) mass is 681 g/mol. The van der Waals surface area contributed by atoms with Crippen molar-refractivity contribution in [3.8, 4) is 0 Å². The van der Waals surface area contributed by atoms with E-state index in [0.29, 0.717) is 56.7 Å². The maximum atomic E-state index is 11.0. The molecule has 6 rings (SSSR count). The molecule has 10 heteroatoms. The Morgan fingerprint density at radius 1 is 0.449 bits per heavy atom. The normalized spacial score (nSPS) is 23.3. The zero-order chi connectivity index (χ0) is 34.6. The number of hydrogen-bond donors (Lipinski definition) is 3. The van der Waals surface area contributed by atoms with Gasteiger partial charge in [-0.05, 0) is 129 Å². The molecule has 3 aromatic carbocycles. The second-order valence-electron chi connectivity index (χ2n) is 13.1. The van der Waals surface area contributed by atoms with Crippen LogP contribution in [0.15, 0.2) is 72.8 Å². The third-order valence-corrected chi connectivity index (χ3v) is 10.2. The van der Waals surface area contributed by atoms with E-state index >= 15 is 0 Å². The second-order valence-corrected chi connectivity index (χ2v) is 13.1. The van der Waals surface area contributed by atoms with E-state index in [4.69, 9.17) is 17.2 Å². The number of benzene rings is 3. The van der Waals surface area contributed by atoms with Gasteiger partial charge in [0.2, 0.25) is 0 Å². The number of carboxylic acid groups (broad SMARTS) is 3. The van der Waals surface area contributed by atoms with Crippen LogP contribution in [0.25, 0.3) is 0 Å². The van der Waals surface area contributed by atoms with Crippen molar-refractivity contribution in [3.05, 3.63) is 106 Å². The van der Waals surface area contributed by atoms with E-state index in [1.165, 1.54) is 0 Å². The van der Waals surface area contributed by atoms with Crippen LogP contribution in [0.2, 0.25) is 0 Å². The molecule has 49 heavy (non-hydrogen) atoms. The molecule has 0 radical (unpaired) electrons. The number of rotatable bonds is 9. The summed E-state index contributed by atoms with van der Waals surface area (Å²) >= 11 is 0. The van der Waals surface area contributed by atoms with Crippen LogP contribution >= 0.6 is 0 Å². The minimum absolute atomic E-state index is 0. The molecule has 0 aromatic heterocycles. The van der Waals surface area contributed by atoms with Gasteiger partial charge in [-0.15, -0.1) is 0 Å². The molecule has 6 N–H and O–H groups in total. The van der Waals surface area contributed by atoms with Crippen LogP contribution in [-0.2, 0) is 14.4 Å². The Morgan fingerprint density at radius 2 is 0.673 bits per heavy atom. The van der Waals surface area contributed by atoms with Crippen LogP contribution in [0.3, 0.4) is 0 Å². The van der Waals surface area contributed by atoms with Gasteiger partial charge in [-0.25, -0.2) is 0 Å². The minimum Gasteiger partial charge on any atom is -0.549 e. The Bertz CT molecular complexity index is 1350. The number of aliphatic carboxylic acids is 3. The topological polar surface area (TPSA) is 198 Å². The summed E-state index contributed by atoms with van der Waals surface area (Å²) in [6.45, 7) is 1.94. The predicted molar refractivity (Wildman–Crippen MR) is 185 cm³/mol. The van der Waals surface area contributed by atoms with Crippen molar-refractivity contribution in [1.82, 2.24) is 0 Å². The number of fused-ring (bicyclic) bond motifs is 3. The molecule has 6 unspecified atom stereocenters. The summed E-state index contributed by atoms with van der Waals surface area (Å²) in [5.41, 5.74) is 23.0. The van der Waals surface area contributed by atoms with E-state index in [1.807, 2.05) is 72.8 Å². The van der Waals surface area contributed by atoms with Crippen molar-refractivity contribution in [3.63, 3.8) is 0 Å². The summed E-state index contributed by atoms with van der Waals surface area (Å²) in [5.74, 6) is -2.96. The molecule has 0 amide bonds. The summed E-state index contributed by atoms with van der Waals surface area (Å²) in [4.78, 5) is 33.1. The smallest absolute Gasteiger partial charge is 0.549 e. The summed E-state index contributed by atoms with van der Waals surface area (Å²) in [6.07, 6.45) is 7.48. The van der Waals surface area contributed by atoms with Gasteiger partial charge in [0.1, 0.15) is 0 Å². The molecular formula is C39H48AlN3O6. The van der Waals surface area contributed by atoms with Gasteiger partial charge in [0.15, 0.2) is 0 Å². The Balaban J connectivity index is 0.000000197. The van der Waals surface area contributed by atoms with Gasteiger partial charge in [-0.3, -0.25) is 0 Å². The standard InChI is InChI=1S/3C13H17NO2.Al/c3*14-8-7-9-5-6-12(13(15)16)11-4-2-1-3-10(9)11;/h3*1-4,9,12H,5-8,14H2,(H,15,16);/q;;;+3/p-3. The average Bonchev–Trinajstić information content (AvgIpc) is 3.09. The molecule has 6 atom stereocenters. The molecule has 0 bridgehead atoms. The predicted octanol–water partition coefficient (Wildman–Crippen LogP) is 1.86. The first-order valence-corrected chi connectivity index (χ1v) is 17.2. The molecule has 0 saturated heterocycles. The second kappa shape index (κ2) is 19.6. The molecule has 9 nitrogen and oxygen atoms in total. The van der Waals surface area contributed by atoms with Gasteiger partial charge in [0.25, 0.3) is 0 Å². The Labute approximate surface area is 300 Å². The SMILES string of the molecule is NCCC1CCC(C(=O)[O-])c2ccccc21.NCCC1CCC(C(=O)[O-])c2ccccc21.NCCC1CCC(C(=O)[O-])c2ccccc21.[Al+3]. The van der Waals surface area contributed by atoms with Crippen LogP contribution < -0.4 is 32.5 Å². The van der Waals surface area contributed by atoms with E-state index in [2.05, 4.69) is 0 Å². The van der Waals surface area contributed by atoms with Crippen LogP contribution in [0.5, 0.6) is 0 Å². The van der Waals surface area contributed by atoms with Gasteiger partial charge in [-0.2, -0.15) is 0 Å². The first-order chi connectivity index (χ1) is 23.2. The Hall–Kier alpha value is -3.52. The summed E-state index contributed by atoms with van der Waals surface area (Å²) < 4.78 is 0. The van der Waals surface area contributed by atoms with Gasteiger partial charge >= 0.3 is 17.4 Å². The molecule has 3 aliphatic carbocycles. The minimum atomic E-state index is -0.960. The molecule has 3 aromatic rings. The zero-order valence-corrected chi connectivity index (χ0v) is 29.3. The number of nitrogens with two attached hydrogens (primary N) is 3. The van der Waals surface area contributed by atoms with Crippen molar-refractivity contribution in [2.45, 2.75) is 93.3 Å². The fraction of sp³-hybridized carbons (Fsp3) is 0.462. The number of hydrogen-bond acceptors (Lipinski definition) is 9. The van der Waals surface area contributed by atoms with Crippen molar-refractivity contribution in [1.29, 1.82) is 0 Å². The number of carbonyl (C=O) groups is 3. The number of carbonyl (C=O) groups excluding carboxylic acids is 3. The van der Waals surface area contributed by atoms with Crippen LogP contribution in [0.1, 0.15) is 127 Å². The zero-order valence-electron chi connectivity index (χ0n) is 28.1. The van der Waals surface area contributed by atoms with Crippen molar-refractivity contribution >= 4 is 35.3 Å². The van der Waals surface area contributed by atoms with Crippen molar-refractivity contribution in [2.75, 3.05) is 19.6 Å². The molecule has 0 aliphatic heterocycles. The van der Waals surface area contributed by atoms with Gasteiger partial charge < -0.3 is 46.9 Å². The van der Waals surface area contributed by atoms with Gasteiger partial charge in [0.05, 0.1) is 0 Å². The quantitative estimate of drug-likeness (QED) is 0.282. The largest absolute Gasteiger partial charge is 3.00 e. The van der Waals surface area contributed by atoms with E-state index in [9.17, 15) is 29.7 Å². The van der Waals surface area contributed by atoms with Crippen LogP contribution in [0, 0.1) is 0 Å². The molecule has 0 heterocycles. The van der Waals surface area contributed by atoms with E-state index in [0.717, 1.165) is 71.9 Å². The van der Waals surface area contributed by atoms with Gasteiger partial charge in [0, 0.05) is 35.7 Å². The Morgan fingerprint density at radius 3 is 0.878 bits per heavy atom. The Kier molecular flexibility index (Phi) is 16.0. The summed E-state index contributed by atoms with van der Waals surface area (Å²) in [6, 6.07) is 23.3. The van der Waals surface area contributed by atoms with E-state index in [1.54, 1.807) is 0 Å². The first kappa shape index (κ1) is 39.9. The van der Waals surface area contributed by atoms with Crippen LogP contribution in [0.4, 0.5) is 0 Å². The van der Waals surface area contributed by atoms with E-state index in [-0.39, 0.29) is 17.4 Å². The fourth-order valence-corrected chi connectivity index (χ4v) is 7.87. The number of carboxylic acids is 3. The third-order valence-electron chi connectivity index (χ3n) is 10.2. The maximum Gasteiger partial charge on any atom is 3.00 e. The maximum absolute atomic E-state index is 11.0. The van der Waals surface area contributed by atoms with Crippen molar-refractivity contribution in [2.24, 2.45) is 17.2 Å². The molecular weight excluding hydrogens is 633 g/mol. The van der Waals surface area contributed by atoms with Crippen LogP contribution in [-0.4, -0.2) is 54.9 Å². The molecule has 0 spiro atoms. The molecule has 0 fully saturated rings. The average molecular weight is 682 g/mol. The van der Waals surface area contributed by atoms with Gasteiger partial charge in [-0.1, -0.05) is 72.8 Å². The van der Waals surface area contributed by atoms with E-state index < -0.39 is 35.7 Å². The third kappa shape index (κ3) is 10.0. The van der Waals surface area contributed by atoms with Crippen molar-refractivity contribution < 1.29 is 29.7 Å². The first-order valence-electron chi connectivity index (χ1n) is 17.2. The summed E-state index contributed by atoms with van der Waals surface area (Å²) in [5, 5.41) is 33.1. The molecule has 258 valence electrons. The summed E-state index contributed by atoms with van der Waals surface area (Å²) in [7, 11) is 0. The molecule has 3 aliphatic rings.